The van der Waals surface area contributed by atoms with Crippen molar-refractivity contribution in [3.63, 3.8) is 0 Å². The Morgan fingerprint density at radius 2 is 1.53 bits per heavy atom. The number of benzene rings is 2. The second-order valence-electron chi connectivity index (χ2n) is 10.1. The Balaban J connectivity index is 1.88. The maximum atomic E-state index is 13.7. The molecule has 3 rings (SSSR count). The summed E-state index contributed by atoms with van der Waals surface area (Å²) >= 11 is 0. The normalized spacial score (nSPS) is 15.2. The van der Waals surface area contributed by atoms with Crippen molar-refractivity contribution in [3.05, 3.63) is 64.7 Å². The average Bonchev–Trinajstić information content (AvgIpc) is 2.80. The lowest BCUT2D eigenvalue weighted by Crippen LogP contribution is -2.53. The Bertz CT molecular complexity index is 1150. The van der Waals surface area contributed by atoms with Crippen LogP contribution in [0, 0.1) is 20.8 Å². The van der Waals surface area contributed by atoms with Crippen LogP contribution in [0.15, 0.2) is 42.5 Å². The van der Waals surface area contributed by atoms with Crippen LogP contribution in [0.3, 0.4) is 0 Å². The van der Waals surface area contributed by atoms with E-state index in [0.29, 0.717) is 5.69 Å². The van der Waals surface area contributed by atoms with Crippen LogP contribution in [0.5, 0.6) is 0 Å². The van der Waals surface area contributed by atoms with Gasteiger partial charge in [-0.3, -0.25) is 13.9 Å². The fourth-order valence-corrected chi connectivity index (χ4v) is 5.58. The summed E-state index contributed by atoms with van der Waals surface area (Å²) in [6.45, 7) is 7.31. The SMILES string of the molecule is Cc1ccc(CN(C(=O)CN(c2cc(C)cc(C)c2)S(C)(=O)=O)[C@H](C)C(=O)NC2CCCCC2)cc1. The first-order chi connectivity index (χ1) is 16.9. The first-order valence-electron chi connectivity index (χ1n) is 12.7. The third-order valence-electron chi connectivity index (χ3n) is 6.77. The Morgan fingerprint density at radius 3 is 2.08 bits per heavy atom. The van der Waals surface area contributed by atoms with Crippen molar-refractivity contribution in [2.75, 3.05) is 17.1 Å². The first kappa shape index (κ1) is 27.7. The standard InChI is InChI=1S/C28H39N3O4S/c1-20-11-13-24(14-12-20)18-30(23(4)28(33)29-25-9-7-6-8-10-25)27(32)19-31(36(5,34)35)26-16-21(2)15-22(3)17-26/h11-17,23,25H,6-10,18-19H2,1-5H3,(H,29,33)/t23-/m1/s1. The van der Waals surface area contributed by atoms with Gasteiger partial charge in [-0.15, -0.1) is 0 Å². The number of hydrogen-bond acceptors (Lipinski definition) is 4. The molecule has 0 bridgehead atoms. The molecule has 36 heavy (non-hydrogen) atoms. The lowest BCUT2D eigenvalue weighted by atomic mass is 9.95. The molecule has 2 amide bonds. The zero-order chi connectivity index (χ0) is 26.5. The zero-order valence-corrected chi connectivity index (χ0v) is 22.9. The number of nitrogens with zero attached hydrogens (tertiary/aromatic N) is 2. The van der Waals surface area contributed by atoms with Crippen LogP contribution in [0.25, 0.3) is 0 Å². The van der Waals surface area contributed by atoms with Gasteiger partial charge in [0.1, 0.15) is 12.6 Å². The maximum absolute atomic E-state index is 13.7. The summed E-state index contributed by atoms with van der Waals surface area (Å²) in [5.41, 5.74) is 4.23. The number of anilines is 1. The molecule has 1 aliphatic carbocycles. The van der Waals surface area contributed by atoms with E-state index >= 15 is 0 Å². The predicted octanol–water partition coefficient (Wildman–Crippen LogP) is 4.24. The molecule has 2 aromatic rings. The molecule has 196 valence electrons. The number of carbonyl (C=O) groups excluding carboxylic acids is 2. The fourth-order valence-electron chi connectivity index (χ4n) is 4.75. The van der Waals surface area contributed by atoms with Gasteiger partial charge in [0, 0.05) is 12.6 Å². The molecule has 0 spiro atoms. The van der Waals surface area contributed by atoms with Crippen LogP contribution in [0.4, 0.5) is 5.69 Å². The van der Waals surface area contributed by atoms with Crippen LogP contribution >= 0.6 is 0 Å². The van der Waals surface area contributed by atoms with Crippen molar-refractivity contribution in [1.82, 2.24) is 10.2 Å². The van der Waals surface area contributed by atoms with Crippen LogP contribution in [0.2, 0.25) is 0 Å². The molecule has 1 saturated carbocycles. The first-order valence-corrected chi connectivity index (χ1v) is 14.5. The molecule has 0 aromatic heterocycles. The molecular weight excluding hydrogens is 474 g/mol. The number of aryl methyl sites for hydroxylation is 3. The molecule has 8 heteroatoms. The van der Waals surface area contributed by atoms with Crippen molar-refractivity contribution in [2.45, 2.75) is 78.4 Å². The summed E-state index contributed by atoms with van der Waals surface area (Å²) in [6.07, 6.45) is 6.34. The highest BCUT2D eigenvalue weighted by molar-refractivity contribution is 7.92. The second-order valence-corrected chi connectivity index (χ2v) is 12.0. The van der Waals surface area contributed by atoms with Crippen molar-refractivity contribution in [3.8, 4) is 0 Å². The monoisotopic (exact) mass is 513 g/mol. The van der Waals surface area contributed by atoms with E-state index in [1.165, 1.54) is 11.3 Å². The van der Waals surface area contributed by atoms with E-state index in [2.05, 4.69) is 5.32 Å². The van der Waals surface area contributed by atoms with Crippen LogP contribution in [0.1, 0.15) is 61.3 Å². The number of carbonyl (C=O) groups is 2. The lowest BCUT2D eigenvalue weighted by molar-refractivity contribution is -0.139. The number of sulfonamides is 1. The molecule has 1 aliphatic rings. The van der Waals surface area contributed by atoms with Crippen molar-refractivity contribution in [2.24, 2.45) is 0 Å². The van der Waals surface area contributed by atoms with Crippen LogP contribution < -0.4 is 9.62 Å². The molecule has 0 heterocycles. The molecule has 0 unspecified atom stereocenters. The van der Waals surface area contributed by atoms with Crippen molar-refractivity contribution < 1.29 is 18.0 Å². The minimum absolute atomic E-state index is 0.118. The minimum Gasteiger partial charge on any atom is -0.352 e. The molecule has 2 aromatic carbocycles. The van der Waals surface area contributed by atoms with Gasteiger partial charge in [-0.05, 0) is 69.4 Å². The largest absolute Gasteiger partial charge is 0.352 e. The quantitative estimate of drug-likeness (QED) is 0.543. The minimum atomic E-state index is -3.74. The third kappa shape index (κ3) is 7.56. The van der Waals surface area contributed by atoms with E-state index in [1.807, 2.05) is 51.1 Å². The number of nitrogens with one attached hydrogen (secondary N) is 1. The molecule has 0 saturated heterocycles. The Hall–Kier alpha value is -2.87. The van der Waals surface area contributed by atoms with E-state index in [-0.39, 0.29) is 25.0 Å². The summed E-state index contributed by atoms with van der Waals surface area (Å²) in [6, 6.07) is 12.6. The Morgan fingerprint density at radius 1 is 0.944 bits per heavy atom. The Labute approximate surface area is 215 Å². The van der Waals surface area contributed by atoms with Gasteiger partial charge in [0.15, 0.2) is 0 Å². The number of hydrogen-bond donors (Lipinski definition) is 1. The summed E-state index contributed by atoms with van der Waals surface area (Å²) in [5.74, 6) is -0.633. The van der Waals surface area contributed by atoms with E-state index < -0.39 is 22.0 Å². The van der Waals surface area contributed by atoms with Gasteiger partial charge >= 0.3 is 0 Å². The van der Waals surface area contributed by atoms with E-state index in [1.54, 1.807) is 19.1 Å². The second kappa shape index (κ2) is 11.9. The molecule has 0 radical (unpaired) electrons. The molecule has 1 fully saturated rings. The van der Waals surface area contributed by atoms with Gasteiger partial charge in [0.05, 0.1) is 11.9 Å². The maximum Gasteiger partial charge on any atom is 0.244 e. The number of amides is 2. The fraction of sp³-hybridized carbons (Fsp3) is 0.500. The highest BCUT2D eigenvalue weighted by Crippen LogP contribution is 2.23. The topological polar surface area (TPSA) is 86.8 Å². The van der Waals surface area contributed by atoms with Crippen LogP contribution in [-0.2, 0) is 26.2 Å². The van der Waals surface area contributed by atoms with E-state index in [4.69, 9.17) is 0 Å². The van der Waals surface area contributed by atoms with Crippen molar-refractivity contribution >= 4 is 27.5 Å². The van der Waals surface area contributed by atoms with Crippen molar-refractivity contribution in [1.29, 1.82) is 0 Å². The summed E-state index contributed by atoms with van der Waals surface area (Å²) in [7, 11) is -3.74. The van der Waals surface area contributed by atoms with E-state index in [9.17, 15) is 18.0 Å². The van der Waals surface area contributed by atoms with Crippen LogP contribution in [-0.4, -0.2) is 50.0 Å². The third-order valence-corrected chi connectivity index (χ3v) is 7.91. The van der Waals surface area contributed by atoms with Gasteiger partial charge in [0.25, 0.3) is 0 Å². The smallest absolute Gasteiger partial charge is 0.244 e. The molecule has 1 N–H and O–H groups in total. The summed E-state index contributed by atoms with van der Waals surface area (Å²) in [4.78, 5) is 28.4. The molecule has 1 atom stereocenters. The summed E-state index contributed by atoms with van der Waals surface area (Å²) in [5, 5.41) is 3.11. The number of rotatable bonds is 9. The van der Waals surface area contributed by atoms with Gasteiger partial charge in [-0.2, -0.15) is 0 Å². The highest BCUT2D eigenvalue weighted by atomic mass is 32.2. The average molecular weight is 514 g/mol. The lowest BCUT2D eigenvalue weighted by Gasteiger charge is -2.33. The Kier molecular flexibility index (Phi) is 9.17. The molecule has 7 nitrogen and oxygen atoms in total. The highest BCUT2D eigenvalue weighted by Gasteiger charge is 2.31. The summed E-state index contributed by atoms with van der Waals surface area (Å²) < 4.78 is 26.6. The van der Waals surface area contributed by atoms with Gasteiger partial charge in [-0.25, -0.2) is 8.42 Å². The van der Waals surface area contributed by atoms with Gasteiger partial charge < -0.3 is 10.2 Å². The van der Waals surface area contributed by atoms with E-state index in [0.717, 1.165) is 58.5 Å². The van der Waals surface area contributed by atoms with Gasteiger partial charge in [0.2, 0.25) is 21.8 Å². The molecule has 0 aliphatic heterocycles. The predicted molar refractivity (Wildman–Crippen MR) is 144 cm³/mol. The zero-order valence-electron chi connectivity index (χ0n) is 22.1. The molecular formula is C28H39N3O4S. The van der Waals surface area contributed by atoms with Gasteiger partial charge in [-0.1, -0.05) is 55.2 Å².